The van der Waals surface area contributed by atoms with E-state index in [-0.39, 0.29) is 0 Å². The molecule has 1 atom stereocenters. The molecule has 1 unspecified atom stereocenters. The molecule has 2 rings (SSSR count). The Bertz CT molecular complexity index is 431. The number of benzene rings is 1. The maximum Gasteiger partial charge on any atom is 0.242 e. The van der Waals surface area contributed by atoms with Gasteiger partial charge < -0.3 is 5.73 Å². The molecule has 4 heteroatoms. The summed E-state index contributed by atoms with van der Waals surface area (Å²) in [7, 11) is 0. The van der Waals surface area contributed by atoms with Gasteiger partial charge in [0, 0.05) is 5.02 Å². The average Bonchev–Trinajstić information content (AvgIpc) is 3.10. The molecule has 0 saturated heterocycles. The van der Waals surface area contributed by atoms with Crippen molar-refractivity contribution in [1.29, 1.82) is 0 Å². The number of hydrogen-bond acceptors (Lipinski definition) is 2. The van der Waals surface area contributed by atoms with Crippen molar-refractivity contribution in [3.05, 3.63) is 34.9 Å². The molecule has 1 amide bonds. The molecule has 1 aliphatic carbocycles. The highest BCUT2D eigenvalue weighted by Gasteiger charge is 2.36. The second-order valence-electron chi connectivity index (χ2n) is 4.79. The summed E-state index contributed by atoms with van der Waals surface area (Å²) < 4.78 is 0. The van der Waals surface area contributed by atoms with Crippen LogP contribution in [0.15, 0.2) is 24.3 Å². The predicted molar refractivity (Wildman–Crippen MR) is 68.7 cm³/mol. The molecule has 1 aromatic carbocycles. The van der Waals surface area contributed by atoms with Crippen LogP contribution in [0.2, 0.25) is 5.02 Å². The van der Waals surface area contributed by atoms with Crippen molar-refractivity contribution < 1.29 is 4.79 Å². The van der Waals surface area contributed by atoms with Gasteiger partial charge in [0.1, 0.15) is 5.54 Å². The van der Waals surface area contributed by atoms with Crippen LogP contribution in [0.25, 0.3) is 0 Å². The molecule has 1 saturated carbocycles. The van der Waals surface area contributed by atoms with E-state index in [1.807, 2.05) is 18.2 Å². The third-order valence-corrected chi connectivity index (χ3v) is 3.68. The number of primary amides is 1. The molecular formula is C13H17ClN2O. The summed E-state index contributed by atoms with van der Waals surface area (Å²) in [6.07, 6.45) is 2.45. The number of amides is 1. The Morgan fingerprint density at radius 2 is 2.18 bits per heavy atom. The zero-order valence-electron chi connectivity index (χ0n) is 9.87. The number of nitrogens with one attached hydrogen (secondary N) is 1. The Morgan fingerprint density at radius 3 is 2.71 bits per heavy atom. The molecule has 1 aliphatic rings. The van der Waals surface area contributed by atoms with Gasteiger partial charge in [-0.2, -0.15) is 0 Å². The summed E-state index contributed by atoms with van der Waals surface area (Å²) in [6.45, 7) is 2.60. The summed E-state index contributed by atoms with van der Waals surface area (Å²) in [5.74, 6) is 0.280. The Hall–Kier alpha value is -1.06. The standard InChI is InChI=1S/C13H17ClN2O/c1-13(12(15)17,16-8-9-6-7-9)10-4-2-3-5-11(10)14/h2-5,9,16H,6-8H2,1H3,(H2,15,17). The van der Waals surface area contributed by atoms with Gasteiger partial charge in [-0.05, 0) is 43.9 Å². The summed E-state index contributed by atoms with van der Waals surface area (Å²) >= 11 is 6.14. The van der Waals surface area contributed by atoms with Crippen LogP contribution in [0.3, 0.4) is 0 Å². The minimum Gasteiger partial charge on any atom is -0.368 e. The fourth-order valence-corrected chi connectivity index (χ4v) is 2.18. The lowest BCUT2D eigenvalue weighted by Gasteiger charge is -2.29. The molecule has 3 nitrogen and oxygen atoms in total. The molecular weight excluding hydrogens is 236 g/mol. The van der Waals surface area contributed by atoms with Crippen LogP contribution >= 0.6 is 11.6 Å². The molecule has 1 aromatic rings. The zero-order valence-corrected chi connectivity index (χ0v) is 10.6. The quantitative estimate of drug-likeness (QED) is 0.843. The molecule has 0 radical (unpaired) electrons. The summed E-state index contributed by atoms with van der Waals surface area (Å²) in [6, 6.07) is 7.32. The van der Waals surface area contributed by atoms with Gasteiger partial charge in [0.15, 0.2) is 0 Å². The summed E-state index contributed by atoms with van der Waals surface area (Å²) in [5, 5.41) is 3.82. The topological polar surface area (TPSA) is 55.1 Å². The van der Waals surface area contributed by atoms with Crippen LogP contribution in [0, 0.1) is 5.92 Å². The first-order valence-corrected chi connectivity index (χ1v) is 6.22. The van der Waals surface area contributed by atoms with Crippen molar-refractivity contribution in [3.63, 3.8) is 0 Å². The van der Waals surface area contributed by atoms with E-state index in [2.05, 4.69) is 5.32 Å². The van der Waals surface area contributed by atoms with Gasteiger partial charge >= 0.3 is 0 Å². The smallest absolute Gasteiger partial charge is 0.242 e. The Labute approximate surface area is 106 Å². The number of nitrogens with two attached hydrogens (primary N) is 1. The highest BCUT2D eigenvalue weighted by Crippen LogP contribution is 2.32. The van der Waals surface area contributed by atoms with Crippen molar-refractivity contribution in [1.82, 2.24) is 5.32 Å². The lowest BCUT2D eigenvalue weighted by molar-refractivity contribution is -0.124. The minimum atomic E-state index is -0.888. The van der Waals surface area contributed by atoms with Crippen molar-refractivity contribution in [2.45, 2.75) is 25.3 Å². The van der Waals surface area contributed by atoms with Gasteiger partial charge in [0.2, 0.25) is 5.91 Å². The first-order chi connectivity index (χ1) is 8.04. The van der Waals surface area contributed by atoms with Crippen LogP contribution < -0.4 is 11.1 Å². The third-order valence-electron chi connectivity index (χ3n) is 3.35. The fraction of sp³-hybridized carbons (Fsp3) is 0.462. The summed E-state index contributed by atoms with van der Waals surface area (Å²) in [5.41, 5.74) is 5.38. The normalized spacial score (nSPS) is 18.7. The Kier molecular flexibility index (Phi) is 3.40. The molecule has 3 N–H and O–H groups in total. The first kappa shape index (κ1) is 12.4. The van der Waals surface area contributed by atoms with E-state index in [1.54, 1.807) is 13.0 Å². The minimum absolute atomic E-state index is 0.397. The third kappa shape index (κ3) is 2.61. The molecule has 0 spiro atoms. The van der Waals surface area contributed by atoms with Crippen molar-refractivity contribution >= 4 is 17.5 Å². The Morgan fingerprint density at radius 1 is 1.53 bits per heavy atom. The lowest BCUT2D eigenvalue weighted by atomic mass is 9.91. The predicted octanol–water partition coefficient (Wildman–Crippen LogP) is 2.04. The second-order valence-corrected chi connectivity index (χ2v) is 5.20. The largest absolute Gasteiger partial charge is 0.368 e. The van der Waals surface area contributed by atoms with Gasteiger partial charge in [0.05, 0.1) is 0 Å². The maximum atomic E-state index is 11.7. The van der Waals surface area contributed by atoms with Crippen molar-refractivity contribution in [2.75, 3.05) is 6.54 Å². The highest BCUT2D eigenvalue weighted by molar-refractivity contribution is 6.31. The van der Waals surface area contributed by atoms with Crippen LogP contribution in [0.5, 0.6) is 0 Å². The molecule has 17 heavy (non-hydrogen) atoms. The molecule has 0 aliphatic heterocycles. The van der Waals surface area contributed by atoms with Crippen LogP contribution in [-0.2, 0) is 10.3 Å². The van der Waals surface area contributed by atoms with Crippen molar-refractivity contribution in [3.8, 4) is 0 Å². The van der Waals surface area contributed by atoms with Gasteiger partial charge in [-0.1, -0.05) is 29.8 Å². The summed E-state index contributed by atoms with van der Waals surface area (Å²) in [4.78, 5) is 11.7. The molecule has 92 valence electrons. The zero-order chi connectivity index (χ0) is 12.5. The number of carbonyl (C=O) groups excluding carboxylic acids is 1. The lowest BCUT2D eigenvalue weighted by Crippen LogP contribution is -2.51. The highest BCUT2D eigenvalue weighted by atomic mass is 35.5. The van der Waals surface area contributed by atoms with Crippen molar-refractivity contribution in [2.24, 2.45) is 11.7 Å². The molecule has 1 fully saturated rings. The van der Waals surface area contributed by atoms with Gasteiger partial charge in [-0.3, -0.25) is 10.1 Å². The number of hydrogen-bond donors (Lipinski definition) is 2. The van der Waals surface area contributed by atoms with Crippen LogP contribution in [0.1, 0.15) is 25.3 Å². The number of halogens is 1. The van der Waals surface area contributed by atoms with Crippen LogP contribution in [0.4, 0.5) is 0 Å². The van der Waals surface area contributed by atoms with E-state index < -0.39 is 11.4 Å². The van der Waals surface area contributed by atoms with Gasteiger partial charge in [-0.25, -0.2) is 0 Å². The molecule has 0 heterocycles. The van der Waals surface area contributed by atoms with Gasteiger partial charge in [-0.15, -0.1) is 0 Å². The Balaban J connectivity index is 2.25. The van der Waals surface area contributed by atoms with E-state index in [1.165, 1.54) is 12.8 Å². The van der Waals surface area contributed by atoms with E-state index in [4.69, 9.17) is 17.3 Å². The second kappa shape index (κ2) is 4.67. The maximum absolute atomic E-state index is 11.7. The fourth-order valence-electron chi connectivity index (χ4n) is 1.85. The SMILES string of the molecule is CC(NCC1CC1)(C(N)=O)c1ccccc1Cl. The van der Waals surface area contributed by atoms with E-state index in [0.29, 0.717) is 10.9 Å². The first-order valence-electron chi connectivity index (χ1n) is 5.84. The molecule has 0 bridgehead atoms. The molecule has 0 aromatic heterocycles. The van der Waals surface area contributed by atoms with E-state index in [0.717, 1.165) is 12.1 Å². The van der Waals surface area contributed by atoms with Gasteiger partial charge in [0.25, 0.3) is 0 Å². The van der Waals surface area contributed by atoms with Crippen LogP contribution in [-0.4, -0.2) is 12.5 Å². The number of carbonyl (C=O) groups is 1. The van der Waals surface area contributed by atoms with E-state index in [9.17, 15) is 4.79 Å². The number of rotatable bonds is 5. The monoisotopic (exact) mass is 252 g/mol. The average molecular weight is 253 g/mol. The van der Waals surface area contributed by atoms with E-state index >= 15 is 0 Å².